The molecular formula is C16H23NO3S. The van der Waals surface area contributed by atoms with E-state index in [1.54, 1.807) is 11.3 Å². The van der Waals surface area contributed by atoms with Gasteiger partial charge in [-0.25, -0.2) is 0 Å². The van der Waals surface area contributed by atoms with Crippen LogP contribution >= 0.6 is 11.3 Å². The molecule has 0 bridgehead atoms. The van der Waals surface area contributed by atoms with Gasteiger partial charge in [-0.15, -0.1) is 11.3 Å². The number of amides is 1. The number of carbonyl (C=O) groups excluding carboxylic acids is 1. The van der Waals surface area contributed by atoms with E-state index in [9.17, 15) is 9.59 Å². The Bertz CT molecular complexity index is 509. The van der Waals surface area contributed by atoms with Crippen molar-refractivity contribution in [1.29, 1.82) is 0 Å². The largest absolute Gasteiger partial charge is 0.481 e. The summed E-state index contributed by atoms with van der Waals surface area (Å²) in [4.78, 5) is 26.7. The first-order chi connectivity index (χ1) is 10.0. The van der Waals surface area contributed by atoms with E-state index in [0.717, 1.165) is 19.3 Å². The van der Waals surface area contributed by atoms with Crippen LogP contribution in [0.3, 0.4) is 0 Å². The molecule has 0 saturated heterocycles. The second kappa shape index (κ2) is 7.07. The molecule has 1 aliphatic carbocycles. The van der Waals surface area contributed by atoms with Crippen molar-refractivity contribution >= 4 is 23.2 Å². The second-order valence-electron chi connectivity index (χ2n) is 5.87. The lowest BCUT2D eigenvalue weighted by atomic mass is 9.86. The van der Waals surface area contributed by atoms with E-state index in [1.165, 1.54) is 10.4 Å². The second-order valence-corrected chi connectivity index (χ2v) is 6.87. The molecule has 0 saturated carbocycles. The molecule has 0 spiro atoms. The maximum absolute atomic E-state index is 12.9. The summed E-state index contributed by atoms with van der Waals surface area (Å²) in [5.74, 6) is -0.675. The van der Waals surface area contributed by atoms with Crippen LogP contribution in [0.5, 0.6) is 0 Å². The minimum atomic E-state index is -0.802. The molecule has 5 heteroatoms. The summed E-state index contributed by atoms with van der Waals surface area (Å²) in [6.45, 7) is 4.52. The first-order valence-corrected chi connectivity index (χ1v) is 8.47. The lowest BCUT2D eigenvalue weighted by Gasteiger charge is -2.32. The van der Waals surface area contributed by atoms with Crippen molar-refractivity contribution in [3.8, 4) is 0 Å². The summed E-state index contributed by atoms with van der Waals surface area (Å²) in [6.07, 6.45) is 3.68. The molecule has 1 amide bonds. The highest BCUT2D eigenvalue weighted by molar-refractivity contribution is 7.10. The Balaban J connectivity index is 2.07. The van der Waals surface area contributed by atoms with Gasteiger partial charge in [0.2, 0.25) is 5.91 Å². The van der Waals surface area contributed by atoms with Crippen LogP contribution in [-0.4, -0.2) is 34.5 Å². The molecule has 0 fully saturated rings. The van der Waals surface area contributed by atoms with Gasteiger partial charge in [0, 0.05) is 23.9 Å². The van der Waals surface area contributed by atoms with Gasteiger partial charge in [0.15, 0.2) is 0 Å². The van der Waals surface area contributed by atoms with Crippen LogP contribution in [0.15, 0.2) is 11.4 Å². The molecule has 1 aromatic heterocycles. The van der Waals surface area contributed by atoms with Crippen molar-refractivity contribution in [2.45, 2.75) is 57.9 Å². The number of fused-ring (bicyclic) bond motifs is 1. The summed E-state index contributed by atoms with van der Waals surface area (Å²) in [6, 6.07) is 2.19. The minimum absolute atomic E-state index is 0.0350. The zero-order valence-corrected chi connectivity index (χ0v) is 13.5. The average Bonchev–Trinajstić information content (AvgIpc) is 2.90. The van der Waals surface area contributed by atoms with E-state index in [0.29, 0.717) is 13.0 Å². The number of hydrogen-bond donors (Lipinski definition) is 1. The van der Waals surface area contributed by atoms with E-state index in [1.807, 2.05) is 18.7 Å². The maximum atomic E-state index is 12.9. The number of hydrogen-bond acceptors (Lipinski definition) is 3. The summed E-state index contributed by atoms with van der Waals surface area (Å²) in [5, 5.41) is 10.8. The van der Waals surface area contributed by atoms with Gasteiger partial charge in [-0.3, -0.25) is 9.59 Å². The molecule has 1 unspecified atom stereocenters. The van der Waals surface area contributed by atoms with Crippen molar-refractivity contribution in [2.24, 2.45) is 0 Å². The highest BCUT2D eigenvalue weighted by Gasteiger charge is 2.31. The lowest BCUT2D eigenvalue weighted by Crippen LogP contribution is -2.41. The number of aliphatic carboxylic acids is 1. The lowest BCUT2D eigenvalue weighted by molar-refractivity contribution is -0.139. The molecule has 1 aliphatic rings. The summed E-state index contributed by atoms with van der Waals surface area (Å²) in [7, 11) is 0. The van der Waals surface area contributed by atoms with Crippen LogP contribution in [0.2, 0.25) is 0 Å². The fourth-order valence-electron chi connectivity index (χ4n) is 2.97. The predicted molar refractivity (Wildman–Crippen MR) is 83.7 cm³/mol. The third-order valence-corrected chi connectivity index (χ3v) is 5.04. The van der Waals surface area contributed by atoms with Crippen molar-refractivity contribution in [3.63, 3.8) is 0 Å². The fourth-order valence-corrected chi connectivity index (χ4v) is 3.95. The number of rotatable bonds is 6. The van der Waals surface area contributed by atoms with E-state index >= 15 is 0 Å². The molecule has 0 radical (unpaired) electrons. The predicted octanol–water partition coefficient (Wildman–Crippen LogP) is 3.27. The smallest absolute Gasteiger partial charge is 0.303 e. The molecule has 1 atom stereocenters. The molecule has 0 aromatic carbocycles. The number of carboxylic acid groups (broad SMARTS) is 1. The van der Waals surface area contributed by atoms with Crippen LogP contribution in [0.1, 0.15) is 55.9 Å². The highest BCUT2D eigenvalue weighted by atomic mass is 32.1. The number of carboxylic acids is 1. The third kappa shape index (κ3) is 3.84. The van der Waals surface area contributed by atoms with Crippen LogP contribution in [-0.2, 0) is 16.0 Å². The van der Waals surface area contributed by atoms with Gasteiger partial charge in [-0.2, -0.15) is 0 Å². The number of aryl methyl sites for hydroxylation is 1. The molecule has 2 rings (SSSR count). The Kier molecular flexibility index (Phi) is 5.39. The molecule has 116 valence electrons. The molecule has 1 N–H and O–H groups in total. The summed E-state index contributed by atoms with van der Waals surface area (Å²) >= 11 is 1.74. The van der Waals surface area contributed by atoms with Crippen LogP contribution in [0.4, 0.5) is 0 Å². The Labute approximate surface area is 129 Å². The topological polar surface area (TPSA) is 57.6 Å². The van der Waals surface area contributed by atoms with Crippen LogP contribution < -0.4 is 0 Å². The Morgan fingerprint density at radius 2 is 2.24 bits per heavy atom. The first-order valence-electron chi connectivity index (χ1n) is 7.59. The average molecular weight is 309 g/mol. The fraction of sp³-hybridized carbons (Fsp3) is 0.625. The Hall–Kier alpha value is -1.36. The zero-order valence-electron chi connectivity index (χ0n) is 12.7. The highest BCUT2D eigenvalue weighted by Crippen LogP contribution is 2.36. The SMILES string of the molecule is CC(C)N(CCCC(=O)O)C(=O)C1CCCc2sccc21. The van der Waals surface area contributed by atoms with Gasteiger partial charge in [-0.05, 0) is 56.5 Å². The molecule has 1 heterocycles. The molecule has 4 nitrogen and oxygen atoms in total. The molecular weight excluding hydrogens is 286 g/mol. The van der Waals surface area contributed by atoms with E-state index in [-0.39, 0.29) is 24.3 Å². The zero-order chi connectivity index (χ0) is 15.4. The summed E-state index contributed by atoms with van der Waals surface area (Å²) < 4.78 is 0. The normalized spacial score (nSPS) is 17.6. The first kappa shape index (κ1) is 16.0. The minimum Gasteiger partial charge on any atom is -0.481 e. The summed E-state index contributed by atoms with van der Waals surface area (Å²) in [5.41, 5.74) is 1.19. The van der Waals surface area contributed by atoms with Crippen LogP contribution in [0, 0.1) is 0 Å². The van der Waals surface area contributed by atoms with Gasteiger partial charge in [-0.1, -0.05) is 0 Å². The monoisotopic (exact) mass is 309 g/mol. The van der Waals surface area contributed by atoms with E-state index in [2.05, 4.69) is 11.4 Å². The van der Waals surface area contributed by atoms with Gasteiger partial charge >= 0.3 is 5.97 Å². The maximum Gasteiger partial charge on any atom is 0.303 e. The Morgan fingerprint density at radius 1 is 1.48 bits per heavy atom. The van der Waals surface area contributed by atoms with Gasteiger partial charge < -0.3 is 10.0 Å². The van der Waals surface area contributed by atoms with Crippen molar-refractivity contribution in [2.75, 3.05) is 6.54 Å². The quantitative estimate of drug-likeness (QED) is 0.877. The standard InChI is InChI=1S/C16H23NO3S/c1-11(2)17(9-4-7-15(18)19)16(20)13-5-3-6-14-12(13)8-10-21-14/h8,10-11,13H,3-7,9H2,1-2H3,(H,18,19). The number of carbonyl (C=O) groups is 2. The van der Waals surface area contributed by atoms with Crippen LogP contribution in [0.25, 0.3) is 0 Å². The third-order valence-electron chi connectivity index (χ3n) is 4.05. The number of nitrogens with zero attached hydrogens (tertiary/aromatic N) is 1. The van der Waals surface area contributed by atoms with Crippen molar-refractivity contribution < 1.29 is 14.7 Å². The number of thiophene rings is 1. The van der Waals surface area contributed by atoms with Gasteiger partial charge in [0.25, 0.3) is 0 Å². The van der Waals surface area contributed by atoms with E-state index in [4.69, 9.17) is 5.11 Å². The van der Waals surface area contributed by atoms with Gasteiger partial charge in [0.05, 0.1) is 5.92 Å². The molecule has 1 aromatic rings. The molecule has 0 aliphatic heterocycles. The van der Waals surface area contributed by atoms with Gasteiger partial charge in [0.1, 0.15) is 0 Å². The Morgan fingerprint density at radius 3 is 2.90 bits per heavy atom. The van der Waals surface area contributed by atoms with Crippen molar-refractivity contribution in [1.82, 2.24) is 4.90 Å². The van der Waals surface area contributed by atoms with Crippen molar-refractivity contribution in [3.05, 3.63) is 21.9 Å². The molecule has 21 heavy (non-hydrogen) atoms. The van der Waals surface area contributed by atoms with E-state index < -0.39 is 5.97 Å².